The van der Waals surface area contributed by atoms with Crippen LogP contribution in [0.25, 0.3) is 22.2 Å². The summed E-state index contributed by atoms with van der Waals surface area (Å²) >= 11 is 0.993. The number of aromatic nitrogens is 1. The van der Waals surface area contributed by atoms with Crippen molar-refractivity contribution in [1.29, 1.82) is 0 Å². The van der Waals surface area contributed by atoms with Crippen LogP contribution in [-0.4, -0.2) is 29.5 Å². The number of benzene rings is 3. The van der Waals surface area contributed by atoms with Gasteiger partial charge in [0, 0.05) is 17.5 Å². The van der Waals surface area contributed by atoms with E-state index < -0.39 is 5.25 Å². The number of nitrogens with one attached hydrogen (secondary N) is 1. The molecule has 8 heteroatoms. The van der Waals surface area contributed by atoms with Gasteiger partial charge in [-0.1, -0.05) is 61.0 Å². The largest absolute Gasteiger partial charge is 0.493 e. The van der Waals surface area contributed by atoms with E-state index in [0.29, 0.717) is 25.4 Å². The Morgan fingerprint density at radius 3 is 2.47 bits per heavy atom. The highest BCUT2D eigenvalue weighted by atomic mass is 32.2. The third-order valence-corrected chi connectivity index (χ3v) is 6.97. The molecule has 0 radical (unpaired) electrons. The number of amides is 2. The molecular formula is C28H26N2O5S. The van der Waals surface area contributed by atoms with Crippen molar-refractivity contribution < 1.29 is 23.6 Å². The number of nitrogens with zero attached hydrogens (tertiary/aromatic N) is 1. The highest BCUT2D eigenvalue weighted by Crippen LogP contribution is 2.36. The number of hydrogen-bond acceptors (Lipinski definition) is 7. The first kappa shape index (κ1) is 23.9. The van der Waals surface area contributed by atoms with Crippen LogP contribution in [0, 0.1) is 0 Å². The zero-order valence-corrected chi connectivity index (χ0v) is 20.7. The second-order valence-corrected chi connectivity index (χ2v) is 9.54. The van der Waals surface area contributed by atoms with Crippen molar-refractivity contribution in [3.05, 3.63) is 77.9 Å². The molecule has 7 nitrogen and oxygen atoms in total. The number of thioether (sulfide) groups is 1. The molecule has 184 valence electrons. The summed E-state index contributed by atoms with van der Waals surface area (Å²) in [5, 5.41) is 6.82. The number of hydrogen-bond donors (Lipinski definition) is 1. The first-order chi connectivity index (χ1) is 17.6. The molecule has 1 aliphatic heterocycles. The van der Waals surface area contributed by atoms with Gasteiger partial charge in [0.2, 0.25) is 5.91 Å². The summed E-state index contributed by atoms with van der Waals surface area (Å²) in [5.41, 5.74) is 4.46. The Hall–Kier alpha value is -3.78. The minimum atomic E-state index is -0.497. The van der Waals surface area contributed by atoms with Crippen LogP contribution in [0.15, 0.2) is 71.3 Å². The minimum absolute atomic E-state index is 0.280. The second-order valence-electron chi connectivity index (χ2n) is 8.46. The van der Waals surface area contributed by atoms with Crippen LogP contribution in [0.2, 0.25) is 0 Å². The highest BCUT2D eigenvalue weighted by Gasteiger charge is 2.32. The fraction of sp³-hybridized carbons (Fsp3) is 0.250. The van der Waals surface area contributed by atoms with Crippen molar-refractivity contribution in [2.45, 2.75) is 31.4 Å². The van der Waals surface area contributed by atoms with Crippen molar-refractivity contribution in [3.63, 3.8) is 0 Å². The van der Waals surface area contributed by atoms with Crippen molar-refractivity contribution in [2.24, 2.45) is 0 Å². The van der Waals surface area contributed by atoms with Gasteiger partial charge in [-0.15, -0.1) is 0 Å². The van der Waals surface area contributed by atoms with E-state index in [-0.39, 0.29) is 11.1 Å². The molecule has 1 aliphatic rings. The molecule has 0 saturated carbocycles. The van der Waals surface area contributed by atoms with E-state index in [1.165, 1.54) is 0 Å². The molecule has 4 aromatic rings. The van der Waals surface area contributed by atoms with Crippen LogP contribution >= 0.6 is 11.8 Å². The van der Waals surface area contributed by atoms with Gasteiger partial charge < -0.3 is 14.0 Å². The maximum Gasteiger partial charge on any atom is 0.286 e. The number of rotatable bonds is 10. The van der Waals surface area contributed by atoms with Crippen molar-refractivity contribution in [1.82, 2.24) is 10.5 Å². The van der Waals surface area contributed by atoms with Crippen LogP contribution in [-0.2, 0) is 11.2 Å². The SMILES string of the molecule is CCCc1c(OCCCOc2ccc(C3SC(=O)NC3=O)cc2)ccc2c(-c3ccccc3)noc12. The molecule has 1 N–H and O–H groups in total. The van der Waals surface area contributed by atoms with Gasteiger partial charge in [0.15, 0.2) is 5.58 Å². The fourth-order valence-corrected chi connectivity index (χ4v) is 5.05. The Bertz CT molecular complexity index is 1370. The molecule has 0 bridgehead atoms. The van der Waals surface area contributed by atoms with Crippen LogP contribution in [0.1, 0.15) is 36.1 Å². The number of ether oxygens (including phenoxy) is 2. The number of aryl methyl sites for hydroxylation is 1. The zero-order valence-electron chi connectivity index (χ0n) is 19.9. The summed E-state index contributed by atoms with van der Waals surface area (Å²) in [4.78, 5) is 23.2. The van der Waals surface area contributed by atoms with E-state index in [1.54, 1.807) is 0 Å². The van der Waals surface area contributed by atoms with Crippen LogP contribution < -0.4 is 14.8 Å². The van der Waals surface area contributed by atoms with E-state index in [2.05, 4.69) is 17.4 Å². The molecule has 1 atom stereocenters. The van der Waals surface area contributed by atoms with Gasteiger partial charge in [0.1, 0.15) is 22.4 Å². The lowest BCUT2D eigenvalue weighted by Gasteiger charge is -2.12. The topological polar surface area (TPSA) is 90.7 Å². The molecule has 1 fully saturated rings. The average Bonchev–Trinajstić information content (AvgIpc) is 3.48. The van der Waals surface area contributed by atoms with Gasteiger partial charge in [0.25, 0.3) is 5.24 Å². The Balaban J connectivity index is 1.18. The van der Waals surface area contributed by atoms with Crippen molar-refractivity contribution in [3.8, 4) is 22.8 Å². The van der Waals surface area contributed by atoms with Crippen LogP contribution in [0.3, 0.4) is 0 Å². The second kappa shape index (κ2) is 10.9. The summed E-state index contributed by atoms with van der Waals surface area (Å²) < 4.78 is 17.7. The molecule has 36 heavy (non-hydrogen) atoms. The summed E-state index contributed by atoms with van der Waals surface area (Å²) in [6, 6.07) is 21.3. The minimum Gasteiger partial charge on any atom is -0.493 e. The van der Waals surface area contributed by atoms with E-state index in [4.69, 9.17) is 14.0 Å². The van der Waals surface area contributed by atoms with E-state index in [9.17, 15) is 9.59 Å². The number of fused-ring (bicyclic) bond motifs is 1. The van der Waals surface area contributed by atoms with Gasteiger partial charge in [-0.2, -0.15) is 0 Å². The smallest absolute Gasteiger partial charge is 0.286 e. The number of carbonyl (C=O) groups excluding carboxylic acids is 2. The quantitative estimate of drug-likeness (QED) is 0.254. The van der Waals surface area contributed by atoms with E-state index in [0.717, 1.165) is 63.7 Å². The van der Waals surface area contributed by atoms with E-state index >= 15 is 0 Å². The maximum absolute atomic E-state index is 11.8. The lowest BCUT2D eigenvalue weighted by molar-refractivity contribution is -0.119. The van der Waals surface area contributed by atoms with Crippen LogP contribution in [0.5, 0.6) is 11.5 Å². The standard InChI is InChI=1S/C28H26N2O5S/c1-2-7-21-23(15-14-22-24(30-35-25(21)22)18-8-4-3-5-9-18)34-17-6-16-33-20-12-10-19(11-13-20)26-27(31)29-28(32)36-26/h3-5,8-15,26H,2,6-7,16-17H2,1H3,(H,29,31,32). The Morgan fingerprint density at radius 2 is 1.75 bits per heavy atom. The van der Waals surface area contributed by atoms with Gasteiger partial charge in [0.05, 0.1) is 18.6 Å². The molecule has 1 saturated heterocycles. The number of imide groups is 1. The average molecular weight is 503 g/mol. The monoisotopic (exact) mass is 502 g/mol. The first-order valence-electron chi connectivity index (χ1n) is 12.0. The predicted molar refractivity (Wildman–Crippen MR) is 139 cm³/mol. The normalized spacial score (nSPS) is 15.3. The molecule has 0 spiro atoms. The molecule has 0 aliphatic carbocycles. The lowest BCUT2D eigenvalue weighted by atomic mass is 10.0. The molecule has 5 rings (SSSR count). The van der Waals surface area contributed by atoms with E-state index in [1.807, 2.05) is 66.7 Å². The van der Waals surface area contributed by atoms with Crippen molar-refractivity contribution >= 4 is 33.9 Å². The Morgan fingerprint density at radius 1 is 0.972 bits per heavy atom. The third-order valence-electron chi connectivity index (χ3n) is 5.93. The summed E-state index contributed by atoms with van der Waals surface area (Å²) in [6.45, 7) is 3.12. The summed E-state index contributed by atoms with van der Waals surface area (Å²) in [6.07, 6.45) is 2.50. The van der Waals surface area contributed by atoms with Gasteiger partial charge >= 0.3 is 0 Å². The number of carbonyl (C=O) groups is 2. The fourth-order valence-electron chi connectivity index (χ4n) is 4.21. The third kappa shape index (κ3) is 5.09. The molecule has 3 aromatic carbocycles. The zero-order chi connectivity index (χ0) is 24.9. The van der Waals surface area contributed by atoms with Crippen LogP contribution in [0.4, 0.5) is 4.79 Å². The Labute approximate surface area is 213 Å². The first-order valence-corrected chi connectivity index (χ1v) is 12.9. The Kier molecular flexibility index (Phi) is 7.23. The summed E-state index contributed by atoms with van der Waals surface area (Å²) in [5.74, 6) is 1.24. The molecular weight excluding hydrogens is 476 g/mol. The molecule has 1 unspecified atom stereocenters. The van der Waals surface area contributed by atoms with Crippen molar-refractivity contribution in [2.75, 3.05) is 13.2 Å². The predicted octanol–water partition coefficient (Wildman–Crippen LogP) is 6.32. The van der Waals surface area contributed by atoms with Gasteiger partial charge in [-0.3, -0.25) is 14.9 Å². The molecule has 2 heterocycles. The highest BCUT2D eigenvalue weighted by molar-refractivity contribution is 8.15. The molecule has 2 amide bonds. The van der Waals surface area contributed by atoms with Gasteiger partial charge in [-0.25, -0.2) is 0 Å². The molecule has 1 aromatic heterocycles. The summed E-state index contributed by atoms with van der Waals surface area (Å²) in [7, 11) is 0. The lowest BCUT2D eigenvalue weighted by Crippen LogP contribution is -2.20. The maximum atomic E-state index is 11.8. The van der Waals surface area contributed by atoms with Gasteiger partial charge in [-0.05, 0) is 48.0 Å².